The Bertz CT molecular complexity index is 228. The van der Waals surface area contributed by atoms with Crippen LogP contribution in [0.4, 0.5) is 0 Å². The van der Waals surface area contributed by atoms with Crippen molar-refractivity contribution in [2.24, 2.45) is 5.92 Å². The second kappa shape index (κ2) is 6.43. The van der Waals surface area contributed by atoms with E-state index in [0.717, 1.165) is 19.3 Å². The maximum absolute atomic E-state index is 11.5. The van der Waals surface area contributed by atoms with Crippen LogP contribution in [0.1, 0.15) is 39.0 Å². The van der Waals surface area contributed by atoms with E-state index >= 15 is 0 Å². The molecule has 4 heteroatoms. The Labute approximate surface area is 90.4 Å². The highest BCUT2D eigenvalue weighted by Gasteiger charge is 2.20. The van der Waals surface area contributed by atoms with Gasteiger partial charge in [0.2, 0.25) is 5.91 Å². The van der Waals surface area contributed by atoms with Crippen LogP contribution in [0.3, 0.4) is 0 Å². The van der Waals surface area contributed by atoms with Crippen molar-refractivity contribution in [2.45, 2.75) is 39.0 Å². The molecule has 0 aromatic rings. The van der Waals surface area contributed by atoms with E-state index in [2.05, 4.69) is 5.32 Å². The molecule has 0 saturated carbocycles. The summed E-state index contributed by atoms with van der Waals surface area (Å²) in [4.78, 5) is 22.7. The van der Waals surface area contributed by atoms with Gasteiger partial charge in [-0.15, -0.1) is 0 Å². The third-order valence-electron chi connectivity index (χ3n) is 2.64. The topological polar surface area (TPSA) is 55.4 Å². The van der Waals surface area contributed by atoms with E-state index in [-0.39, 0.29) is 17.8 Å². The number of ether oxygens (including phenoxy) is 1. The molecule has 1 aliphatic rings. The minimum absolute atomic E-state index is 0.0386. The zero-order valence-electron chi connectivity index (χ0n) is 9.25. The summed E-state index contributed by atoms with van der Waals surface area (Å²) in [5.74, 6) is -0.0588. The summed E-state index contributed by atoms with van der Waals surface area (Å²) in [7, 11) is 0. The summed E-state index contributed by atoms with van der Waals surface area (Å²) in [6, 6.07) is 0. The van der Waals surface area contributed by atoms with E-state index in [4.69, 9.17) is 4.74 Å². The van der Waals surface area contributed by atoms with E-state index < -0.39 is 0 Å². The standard InChI is InChI=1S/C11H19NO3/c1-2-15-11(14)9-5-3-4-6-10(13)12-8-7-9/h9H,2-8H2,1H3,(H,12,13). The third kappa shape index (κ3) is 4.32. The molecule has 0 aliphatic carbocycles. The average molecular weight is 213 g/mol. The molecule has 1 saturated heterocycles. The van der Waals surface area contributed by atoms with Crippen LogP contribution >= 0.6 is 0 Å². The lowest BCUT2D eigenvalue weighted by molar-refractivity contribution is -0.148. The summed E-state index contributed by atoms with van der Waals surface area (Å²) in [5.41, 5.74) is 0. The van der Waals surface area contributed by atoms with Gasteiger partial charge in [0.1, 0.15) is 0 Å². The molecule has 1 rings (SSSR count). The molecule has 1 atom stereocenters. The predicted octanol–water partition coefficient (Wildman–Crippen LogP) is 1.25. The van der Waals surface area contributed by atoms with Crippen LogP contribution in [0.2, 0.25) is 0 Å². The SMILES string of the molecule is CCOC(=O)C1CCCCC(=O)NCC1. The molecule has 1 fully saturated rings. The summed E-state index contributed by atoms with van der Waals surface area (Å²) in [6.07, 6.45) is 3.91. The van der Waals surface area contributed by atoms with Crippen LogP contribution in [0.15, 0.2) is 0 Å². The lowest BCUT2D eigenvalue weighted by atomic mass is 9.98. The number of amides is 1. The van der Waals surface area contributed by atoms with Crippen LogP contribution in [-0.2, 0) is 14.3 Å². The fourth-order valence-corrected chi connectivity index (χ4v) is 1.79. The highest BCUT2D eigenvalue weighted by Crippen LogP contribution is 2.16. The second-order valence-electron chi connectivity index (χ2n) is 3.83. The van der Waals surface area contributed by atoms with Crippen molar-refractivity contribution in [1.29, 1.82) is 0 Å². The monoisotopic (exact) mass is 213 g/mol. The number of esters is 1. The summed E-state index contributed by atoms with van der Waals surface area (Å²) < 4.78 is 4.99. The van der Waals surface area contributed by atoms with Crippen molar-refractivity contribution in [3.05, 3.63) is 0 Å². The van der Waals surface area contributed by atoms with Gasteiger partial charge in [-0.05, 0) is 26.2 Å². The lowest BCUT2D eigenvalue weighted by Crippen LogP contribution is -2.26. The Morgan fingerprint density at radius 3 is 3.00 bits per heavy atom. The number of hydrogen-bond donors (Lipinski definition) is 1. The maximum atomic E-state index is 11.5. The maximum Gasteiger partial charge on any atom is 0.308 e. The van der Waals surface area contributed by atoms with Crippen LogP contribution in [0.25, 0.3) is 0 Å². The molecule has 0 radical (unpaired) electrons. The van der Waals surface area contributed by atoms with Gasteiger partial charge >= 0.3 is 5.97 Å². The lowest BCUT2D eigenvalue weighted by Gasteiger charge is -2.13. The number of carbonyl (C=O) groups is 2. The van der Waals surface area contributed by atoms with Gasteiger partial charge in [0.05, 0.1) is 12.5 Å². The van der Waals surface area contributed by atoms with Crippen LogP contribution in [0, 0.1) is 5.92 Å². The van der Waals surface area contributed by atoms with E-state index in [1.165, 1.54) is 0 Å². The first-order valence-corrected chi connectivity index (χ1v) is 5.67. The number of carbonyl (C=O) groups excluding carboxylic acids is 2. The van der Waals surface area contributed by atoms with E-state index in [1.807, 2.05) is 6.92 Å². The first kappa shape index (κ1) is 12.0. The Kier molecular flexibility index (Phi) is 5.15. The Balaban J connectivity index is 2.42. The summed E-state index contributed by atoms with van der Waals surface area (Å²) in [5, 5.41) is 2.80. The normalized spacial score (nSPS) is 23.3. The fourth-order valence-electron chi connectivity index (χ4n) is 1.79. The number of hydrogen-bond acceptors (Lipinski definition) is 3. The molecule has 0 bridgehead atoms. The summed E-state index contributed by atoms with van der Waals surface area (Å²) >= 11 is 0. The smallest absolute Gasteiger partial charge is 0.308 e. The molecule has 0 aromatic carbocycles. The van der Waals surface area contributed by atoms with E-state index in [9.17, 15) is 9.59 Å². The first-order valence-electron chi connectivity index (χ1n) is 5.67. The minimum Gasteiger partial charge on any atom is -0.466 e. The molecular weight excluding hydrogens is 194 g/mol. The van der Waals surface area contributed by atoms with E-state index in [1.54, 1.807) is 0 Å². The second-order valence-corrected chi connectivity index (χ2v) is 3.83. The van der Waals surface area contributed by atoms with Crippen LogP contribution in [-0.4, -0.2) is 25.0 Å². The molecule has 86 valence electrons. The van der Waals surface area contributed by atoms with Crippen molar-refractivity contribution in [2.75, 3.05) is 13.2 Å². The van der Waals surface area contributed by atoms with Gasteiger partial charge in [-0.25, -0.2) is 0 Å². The Hall–Kier alpha value is -1.06. The molecule has 1 heterocycles. The van der Waals surface area contributed by atoms with Gasteiger partial charge in [0.15, 0.2) is 0 Å². The quantitative estimate of drug-likeness (QED) is 0.702. The molecule has 4 nitrogen and oxygen atoms in total. The minimum atomic E-state index is -0.117. The van der Waals surface area contributed by atoms with Gasteiger partial charge in [0.25, 0.3) is 0 Å². The van der Waals surface area contributed by atoms with Gasteiger partial charge in [-0.1, -0.05) is 6.42 Å². The van der Waals surface area contributed by atoms with Crippen molar-refractivity contribution >= 4 is 11.9 Å². The molecule has 1 aliphatic heterocycles. The zero-order valence-corrected chi connectivity index (χ0v) is 9.25. The molecule has 1 amide bonds. The molecule has 15 heavy (non-hydrogen) atoms. The van der Waals surface area contributed by atoms with Crippen LogP contribution in [0.5, 0.6) is 0 Å². The van der Waals surface area contributed by atoms with Crippen molar-refractivity contribution in [1.82, 2.24) is 5.32 Å². The van der Waals surface area contributed by atoms with Crippen LogP contribution < -0.4 is 5.32 Å². The van der Waals surface area contributed by atoms with Gasteiger partial charge in [-0.2, -0.15) is 0 Å². The molecule has 1 N–H and O–H groups in total. The van der Waals surface area contributed by atoms with Gasteiger partial charge in [-0.3, -0.25) is 9.59 Å². The van der Waals surface area contributed by atoms with Gasteiger partial charge in [0, 0.05) is 13.0 Å². The first-order chi connectivity index (χ1) is 7.24. The van der Waals surface area contributed by atoms with Gasteiger partial charge < -0.3 is 10.1 Å². The fraction of sp³-hybridized carbons (Fsp3) is 0.818. The molecular formula is C11H19NO3. The largest absolute Gasteiger partial charge is 0.466 e. The average Bonchev–Trinajstić information content (AvgIpc) is 2.30. The Morgan fingerprint density at radius 2 is 2.27 bits per heavy atom. The highest BCUT2D eigenvalue weighted by atomic mass is 16.5. The van der Waals surface area contributed by atoms with Crippen molar-refractivity contribution < 1.29 is 14.3 Å². The molecule has 0 aromatic heterocycles. The third-order valence-corrected chi connectivity index (χ3v) is 2.64. The zero-order chi connectivity index (χ0) is 11.1. The molecule has 0 spiro atoms. The highest BCUT2D eigenvalue weighted by molar-refractivity contribution is 5.76. The molecule has 1 unspecified atom stereocenters. The van der Waals surface area contributed by atoms with Crippen molar-refractivity contribution in [3.8, 4) is 0 Å². The Morgan fingerprint density at radius 1 is 1.47 bits per heavy atom. The van der Waals surface area contributed by atoms with E-state index in [0.29, 0.717) is 26.0 Å². The summed E-state index contributed by atoms with van der Waals surface area (Å²) in [6.45, 7) is 2.83. The van der Waals surface area contributed by atoms with Crippen molar-refractivity contribution in [3.63, 3.8) is 0 Å². The predicted molar refractivity (Wildman–Crippen MR) is 56.2 cm³/mol. The number of rotatable bonds is 2. The number of nitrogens with one attached hydrogen (secondary N) is 1.